The molecular formula is C18H25ClFN5O3. The number of hydrogen-bond acceptors (Lipinski definition) is 6. The van der Waals surface area contributed by atoms with E-state index in [1.807, 2.05) is 11.6 Å². The first-order chi connectivity index (χ1) is 13.1. The Bertz CT molecular complexity index is 796. The minimum atomic E-state index is -0.556. The SMILES string of the molecule is COCCOc1ccc(NC(=O)c2nnn(C3CCNCC3)c2C)cc1F.Cl. The van der Waals surface area contributed by atoms with Gasteiger partial charge in [-0.3, -0.25) is 4.79 Å². The molecule has 1 aliphatic rings. The maximum absolute atomic E-state index is 14.1. The number of carbonyl (C=O) groups is 1. The summed E-state index contributed by atoms with van der Waals surface area (Å²) in [6, 6.07) is 4.50. The molecule has 3 rings (SSSR count). The zero-order valence-corrected chi connectivity index (χ0v) is 16.7. The number of nitrogens with one attached hydrogen (secondary N) is 2. The number of hydrogen-bond donors (Lipinski definition) is 2. The van der Waals surface area contributed by atoms with Gasteiger partial charge in [0.15, 0.2) is 17.3 Å². The van der Waals surface area contributed by atoms with Crippen LogP contribution in [0.4, 0.5) is 10.1 Å². The molecule has 154 valence electrons. The van der Waals surface area contributed by atoms with Crippen molar-refractivity contribution in [3.05, 3.63) is 35.4 Å². The highest BCUT2D eigenvalue weighted by Crippen LogP contribution is 2.23. The molecule has 1 aromatic carbocycles. The van der Waals surface area contributed by atoms with Crippen molar-refractivity contribution in [2.75, 3.05) is 38.7 Å². The summed E-state index contributed by atoms with van der Waals surface area (Å²) in [4.78, 5) is 12.5. The molecule has 0 radical (unpaired) electrons. The van der Waals surface area contributed by atoms with E-state index in [1.54, 1.807) is 13.2 Å². The Morgan fingerprint density at radius 2 is 2.11 bits per heavy atom. The maximum atomic E-state index is 14.1. The predicted molar refractivity (Wildman–Crippen MR) is 105 cm³/mol. The monoisotopic (exact) mass is 413 g/mol. The van der Waals surface area contributed by atoms with Gasteiger partial charge in [0.25, 0.3) is 5.91 Å². The number of piperidine rings is 1. The standard InChI is InChI=1S/C18H24FN5O3.ClH/c1-12-17(22-23-24(12)14-5-7-20-8-6-14)18(25)21-13-3-4-16(15(19)11-13)27-10-9-26-2;/h3-4,11,14,20H,5-10H2,1-2H3,(H,21,25);1H. The molecule has 0 spiro atoms. The molecule has 1 fully saturated rings. The smallest absolute Gasteiger partial charge is 0.278 e. The molecule has 0 aliphatic carbocycles. The van der Waals surface area contributed by atoms with Crippen molar-refractivity contribution in [3.8, 4) is 5.75 Å². The molecule has 0 unspecified atom stereocenters. The lowest BCUT2D eigenvalue weighted by molar-refractivity contribution is 0.102. The van der Waals surface area contributed by atoms with E-state index in [2.05, 4.69) is 20.9 Å². The van der Waals surface area contributed by atoms with Gasteiger partial charge in [-0.05, 0) is 45.0 Å². The molecule has 10 heteroatoms. The number of anilines is 1. The Morgan fingerprint density at radius 1 is 1.36 bits per heavy atom. The molecular weight excluding hydrogens is 389 g/mol. The molecule has 2 heterocycles. The lowest BCUT2D eigenvalue weighted by atomic mass is 10.1. The van der Waals surface area contributed by atoms with Crippen LogP contribution in [0.3, 0.4) is 0 Å². The van der Waals surface area contributed by atoms with E-state index in [0.29, 0.717) is 18.0 Å². The summed E-state index contributed by atoms with van der Waals surface area (Å²) in [7, 11) is 1.54. The summed E-state index contributed by atoms with van der Waals surface area (Å²) in [5.74, 6) is -0.864. The van der Waals surface area contributed by atoms with Gasteiger partial charge >= 0.3 is 0 Å². The average Bonchev–Trinajstić information content (AvgIpc) is 3.06. The Kier molecular flexibility index (Phi) is 8.16. The third-order valence-electron chi connectivity index (χ3n) is 4.53. The van der Waals surface area contributed by atoms with E-state index >= 15 is 0 Å². The summed E-state index contributed by atoms with van der Waals surface area (Å²) < 4.78 is 26.0. The van der Waals surface area contributed by atoms with Crippen LogP contribution in [-0.4, -0.2) is 54.3 Å². The summed E-state index contributed by atoms with van der Waals surface area (Å²) >= 11 is 0. The van der Waals surface area contributed by atoms with Crippen molar-refractivity contribution < 1.29 is 18.7 Å². The van der Waals surface area contributed by atoms with Gasteiger partial charge in [0.2, 0.25) is 0 Å². The predicted octanol–water partition coefficient (Wildman–Crippen LogP) is 2.35. The molecule has 1 aliphatic heterocycles. The number of rotatable bonds is 7. The highest BCUT2D eigenvalue weighted by molar-refractivity contribution is 6.03. The molecule has 0 saturated carbocycles. The van der Waals surface area contributed by atoms with Crippen molar-refractivity contribution >= 4 is 24.0 Å². The van der Waals surface area contributed by atoms with Crippen molar-refractivity contribution in [2.24, 2.45) is 0 Å². The van der Waals surface area contributed by atoms with Crippen LogP contribution in [0.1, 0.15) is 35.1 Å². The number of amides is 1. The number of carbonyl (C=O) groups excluding carboxylic acids is 1. The van der Waals surface area contributed by atoms with Crippen LogP contribution in [0.2, 0.25) is 0 Å². The van der Waals surface area contributed by atoms with Crippen molar-refractivity contribution in [1.29, 1.82) is 0 Å². The van der Waals surface area contributed by atoms with Crippen LogP contribution in [0.5, 0.6) is 5.75 Å². The summed E-state index contributed by atoms with van der Waals surface area (Å²) in [5.41, 5.74) is 1.28. The van der Waals surface area contributed by atoms with Crippen molar-refractivity contribution in [3.63, 3.8) is 0 Å². The van der Waals surface area contributed by atoms with Crippen LogP contribution in [0.25, 0.3) is 0 Å². The number of ether oxygens (including phenoxy) is 2. The van der Waals surface area contributed by atoms with Crippen LogP contribution in [0, 0.1) is 12.7 Å². The number of aromatic nitrogens is 3. The van der Waals surface area contributed by atoms with Gasteiger partial charge in [-0.25, -0.2) is 9.07 Å². The summed E-state index contributed by atoms with van der Waals surface area (Å²) in [6.07, 6.45) is 1.89. The fourth-order valence-corrected chi connectivity index (χ4v) is 3.07. The first-order valence-electron chi connectivity index (χ1n) is 8.95. The third kappa shape index (κ3) is 5.18. The molecule has 8 nitrogen and oxygen atoms in total. The topological polar surface area (TPSA) is 90.3 Å². The van der Waals surface area contributed by atoms with Gasteiger partial charge in [-0.15, -0.1) is 17.5 Å². The Balaban J connectivity index is 0.00000280. The molecule has 28 heavy (non-hydrogen) atoms. The Morgan fingerprint density at radius 3 is 2.79 bits per heavy atom. The Hall–Kier alpha value is -2.23. The quantitative estimate of drug-likeness (QED) is 0.677. The lowest BCUT2D eigenvalue weighted by Crippen LogP contribution is -2.30. The second kappa shape index (κ2) is 10.4. The van der Waals surface area contributed by atoms with Crippen molar-refractivity contribution in [2.45, 2.75) is 25.8 Å². The van der Waals surface area contributed by atoms with Crippen LogP contribution in [0.15, 0.2) is 18.2 Å². The lowest BCUT2D eigenvalue weighted by Gasteiger charge is -2.23. The summed E-state index contributed by atoms with van der Waals surface area (Å²) in [6.45, 7) is 4.28. The normalized spacial score (nSPS) is 14.4. The third-order valence-corrected chi connectivity index (χ3v) is 4.53. The molecule has 0 atom stereocenters. The van der Waals surface area contributed by atoms with E-state index < -0.39 is 11.7 Å². The molecule has 1 aromatic heterocycles. The summed E-state index contributed by atoms with van der Waals surface area (Å²) in [5, 5.41) is 14.1. The zero-order chi connectivity index (χ0) is 19.2. The molecule has 0 bridgehead atoms. The Labute approximate surface area is 169 Å². The molecule has 1 saturated heterocycles. The molecule has 2 N–H and O–H groups in total. The second-order valence-electron chi connectivity index (χ2n) is 6.39. The minimum absolute atomic E-state index is 0. The maximum Gasteiger partial charge on any atom is 0.278 e. The largest absolute Gasteiger partial charge is 0.488 e. The van der Waals surface area contributed by atoms with Gasteiger partial charge in [0, 0.05) is 18.9 Å². The van der Waals surface area contributed by atoms with E-state index in [4.69, 9.17) is 9.47 Å². The highest BCUT2D eigenvalue weighted by Gasteiger charge is 2.23. The highest BCUT2D eigenvalue weighted by atomic mass is 35.5. The first-order valence-corrected chi connectivity index (χ1v) is 8.95. The number of benzene rings is 1. The van der Waals surface area contributed by atoms with Gasteiger partial charge in [-0.2, -0.15) is 0 Å². The fourth-order valence-electron chi connectivity index (χ4n) is 3.07. The number of halogens is 2. The van der Waals surface area contributed by atoms with E-state index in [-0.39, 0.29) is 36.5 Å². The van der Waals surface area contributed by atoms with E-state index in [1.165, 1.54) is 12.1 Å². The first kappa shape index (κ1) is 22.1. The van der Waals surface area contributed by atoms with E-state index in [9.17, 15) is 9.18 Å². The molecule has 1 amide bonds. The van der Waals surface area contributed by atoms with Gasteiger partial charge in [0.1, 0.15) is 6.61 Å². The fraction of sp³-hybridized carbons (Fsp3) is 0.500. The van der Waals surface area contributed by atoms with Gasteiger partial charge < -0.3 is 20.1 Å². The van der Waals surface area contributed by atoms with Crippen molar-refractivity contribution in [1.82, 2.24) is 20.3 Å². The van der Waals surface area contributed by atoms with Crippen LogP contribution in [-0.2, 0) is 4.74 Å². The zero-order valence-electron chi connectivity index (χ0n) is 15.9. The number of nitrogens with zero attached hydrogens (tertiary/aromatic N) is 3. The average molecular weight is 414 g/mol. The van der Waals surface area contributed by atoms with Crippen LogP contribution >= 0.6 is 12.4 Å². The minimum Gasteiger partial charge on any atom is -0.488 e. The van der Waals surface area contributed by atoms with E-state index in [0.717, 1.165) is 25.9 Å². The van der Waals surface area contributed by atoms with Gasteiger partial charge in [-0.1, -0.05) is 5.21 Å². The van der Waals surface area contributed by atoms with Gasteiger partial charge in [0.05, 0.1) is 18.3 Å². The molecule has 2 aromatic rings. The number of methoxy groups -OCH3 is 1. The second-order valence-corrected chi connectivity index (χ2v) is 6.39. The van der Waals surface area contributed by atoms with Crippen LogP contribution < -0.4 is 15.4 Å².